The average molecular weight is 260 g/mol. The average Bonchev–Trinajstić information content (AvgIpc) is 2.54. The van der Waals surface area contributed by atoms with Gasteiger partial charge in [0, 0.05) is 15.4 Å². The second kappa shape index (κ2) is 5.58. The van der Waals surface area contributed by atoms with Gasteiger partial charge < -0.3 is 5.32 Å². The molecule has 72 valence electrons. The molecule has 0 amide bonds. The highest BCUT2D eigenvalue weighted by molar-refractivity contribution is 9.10. The van der Waals surface area contributed by atoms with Gasteiger partial charge in [-0.15, -0.1) is 17.9 Å². The fourth-order valence-electron chi connectivity index (χ4n) is 1.25. The molecule has 0 aliphatic carbocycles. The van der Waals surface area contributed by atoms with Gasteiger partial charge in [-0.3, -0.25) is 0 Å². The van der Waals surface area contributed by atoms with E-state index in [0.717, 1.165) is 12.8 Å². The van der Waals surface area contributed by atoms with E-state index < -0.39 is 0 Å². The maximum atomic E-state index is 3.73. The molecule has 0 spiro atoms. The van der Waals surface area contributed by atoms with Gasteiger partial charge in [0.25, 0.3) is 0 Å². The summed E-state index contributed by atoms with van der Waals surface area (Å²) in [6.07, 6.45) is 4.13. The zero-order valence-corrected chi connectivity index (χ0v) is 10.1. The van der Waals surface area contributed by atoms with Crippen LogP contribution in [-0.4, -0.2) is 7.05 Å². The third-order valence-electron chi connectivity index (χ3n) is 1.97. The van der Waals surface area contributed by atoms with Gasteiger partial charge in [-0.25, -0.2) is 0 Å². The Labute approximate surface area is 92.0 Å². The summed E-state index contributed by atoms with van der Waals surface area (Å²) in [7, 11) is 2.00. The largest absolute Gasteiger partial charge is 0.312 e. The minimum atomic E-state index is 0.451. The molecule has 1 nitrogen and oxygen atoms in total. The summed E-state index contributed by atoms with van der Waals surface area (Å²) in [4.78, 5) is 1.38. The van der Waals surface area contributed by atoms with E-state index in [4.69, 9.17) is 0 Å². The lowest BCUT2D eigenvalue weighted by Crippen LogP contribution is -2.15. The zero-order chi connectivity index (χ0) is 9.68. The number of hydrogen-bond acceptors (Lipinski definition) is 2. The van der Waals surface area contributed by atoms with E-state index in [0.29, 0.717) is 6.04 Å². The van der Waals surface area contributed by atoms with Crippen LogP contribution in [0.5, 0.6) is 0 Å². The van der Waals surface area contributed by atoms with E-state index in [-0.39, 0.29) is 0 Å². The van der Waals surface area contributed by atoms with Crippen LogP contribution in [0.4, 0.5) is 0 Å². The first kappa shape index (κ1) is 11.0. The Hall–Kier alpha value is -0.120. The highest BCUT2D eigenvalue weighted by atomic mass is 79.9. The number of halogens is 1. The van der Waals surface area contributed by atoms with E-state index in [9.17, 15) is 0 Å². The monoisotopic (exact) mass is 259 g/mol. The summed E-state index contributed by atoms with van der Waals surface area (Å²) in [6.45, 7) is 3.73. The molecular weight excluding hydrogens is 246 g/mol. The fourth-order valence-corrected chi connectivity index (χ4v) is 3.04. The first-order valence-corrected chi connectivity index (χ1v) is 5.98. The number of thiophene rings is 1. The number of nitrogens with one attached hydrogen (secondary N) is 1. The molecule has 0 bridgehead atoms. The van der Waals surface area contributed by atoms with E-state index in [1.165, 1.54) is 9.35 Å². The minimum absolute atomic E-state index is 0.451. The molecule has 1 atom stereocenters. The normalized spacial score (nSPS) is 12.8. The standard InChI is InChI=1S/C10H14BrNS/c1-3-4-5-9(12-2)10-8(11)6-7-13-10/h3,6-7,9,12H,1,4-5H2,2H3. The predicted molar refractivity (Wildman–Crippen MR) is 63.3 cm³/mol. The van der Waals surface area contributed by atoms with Gasteiger partial charge in [-0.1, -0.05) is 6.08 Å². The van der Waals surface area contributed by atoms with E-state index in [1.54, 1.807) is 11.3 Å². The summed E-state index contributed by atoms with van der Waals surface area (Å²) >= 11 is 5.33. The first-order chi connectivity index (χ1) is 6.29. The lowest BCUT2D eigenvalue weighted by Gasteiger charge is -2.13. The molecule has 0 aliphatic heterocycles. The van der Waals surface area contributed by atoms with Gasteiger partial charge in [0.15, 0.2) is 0 Å². The molecule has 13 heavy (non-hydrogen) atoms. The van der Waals surface area contributed by atoms with Crippen LogP contribution in [0.2, 0.25) is 0 Å². The molecule has 0 saturated carbocycles. The van der Waals surface area contributed by atoms with Crippen molar-refractivity contribution in [2.45, 2.75) is 18.9 Å². The Bertz CT molecular complexity index is 270. The Morgan fingerprint density at radius 3 is 3.00 bits per heavy atom. The van der Waals surface area contributed by atoms with Crippen LogP contribution in [0.25, 0.3) is 0 Å². The smallest absolute Gasteiger partial charge is 0.0426 e. The van der Waals surface area contributed by atoms with Crippen LogP contribution < -0.4 is 5.32 Å². The molecule has 0 saturated heterocycles. The third kappa shape index (κ3) is 2.93. The van der Waals surface area contributed by atoms with Crippen LogP contribution in [0.15, 0.2) is 28.6 Å². The van der Waals surface area contributed by atoms with Gasteiger partial charge in [0.1, 0.15) is 0 Å². The second-order valence-electron chi connectivity index (χ2n) is 2.84. The molecule has 3 heteroatoms. The van der Waals surface area contributed by atoms with E-state index >= 15 is 0 Å². The van der Waals surface area contributed by atoms with Crippen molar-refractivity contribution < 1.29 is 0 Å². The van der Waals surface area contributed by atoms with Crippen molar-refractivity contribution in [3.63, 3.8) is 0 Å². The number of hydrogen-bond donors (Lipinski definition) is 1. The van der Waals surface area contributed by atoms with Gasteiger partial charge >= 0.3 is 0 Å². The van der Waals surface area contributed by atoms with Crippen LogP contribution in [-0.2, 0) is 0 Å². The molecule has 0 aromatic carbocycles. The first-order valence-electron chi connectivity index (χ1n) is 4.30. The van der Waals surface area contributed by atoms with Gasteiger partial charge in [-0.2, -0.15) is 0 Å². The van der Waals surface area contributed by atoms with Crippen molar-refractivity contribution >= 4 is 27.3 Å². The summed E-state index contributed by atoms with van der Waals surface area (Å²) < 4.78 is 1.21. The molecule has 0 radical (unpaired) electrons. The van der Waals surface area contributed by atoms with E-state index in [1.807, 2.05) is 13.1 Å². The molecule has 1 N–H and O–H groups in total. The summed E-state index contributed by atoms with van der Waals surface area (Å²) in [5, 5.41) is 5.42. The van der Waals surface area contributed by atoms with Gasteiger partial charge in [0.2, 0.25) is 0 Å². The summed E-state index contributed by atoms with van der Waals surface area (Å²) in [6, 6.07) is 2.55. The van der Waals surface area contributed by atoms with Crippen LogP contribution in [0, 0.1) is 0 Å². The molecule has 1 unspecified atom stereocenters. The van der Waals surface area contributed by atoms with Crippen molar-refractivity contribution in [1.82, 2.24) is 5.32 Å². The Morgan fingerprint density at radius 2 is 2.54 bits per heavy atom. The van der Waals surface area contributed by atoms with Crippen LogP contribution in [0.3, 0.4) is 0 Å². The fraction of sp³-hybridized carbons (Fsp3) is 0.400. The summed E-state index contributed by atoms with van der Waals surface area (Å²) in [5.41, 5.74) is 0. The minimum Gasteiger partial charge on any atom is -0.312 e. The van der Waals surface area contributed by atoms with Crippen molar-refractivity contribution in [3.05, 3.63) is 33.5 Å². The second-order valence-corrected chi connectivity index (χ2v) is 4.64. The zero-order valence-electron chi connectivity index (χ0n) is 7.72. The summed E-state index contributed by atoms with van der Waals surface area (Å²) in [5.74, 6) is 0. The van der Waals surface area contributed by atoms with Crippen LogP contribution >= 0.6 is 27.3 Å². The van der Waals surface area contributed by atoms with Crippen molar-refractivity contribution in [2.75, 3.05) is 7.05 Å². The van der Waals surface area contributed by atoms with Gasteiger partial charge in [-0.05, 0) is 47.3 Å². The molecule has 1 aromatic heterocycles. The maximum absolute atomic E-state index is 3.73. The van der Waals surface area contributed by atoms with E-state index in [2.05, 4.69) is 39.3 Å². The molecule has 1 aromatic rings. The SMILES string of the molecule is C=CCCC(NC)c1sccc1Br. The highest BCUT2D eigenvalue weighted by Crippen LogP contribution is 2.31. The molecule has 1 rings (SSSR count). The van der Waals surface area contributed by atoms with Crippen molar-refractivity contribution in [2.24, 2.45) is 0 Å². The molecule has 1 heterocycles. The molecule has 0 aliphatic rings. The number of allylic oxidation sites excluding steroid dienone is 1. The predicted octanol–water partition coefficient (Wildman–Crippen LogP) is 3.74. The molecule has 0 fully saturated rings. The lowest BCUT2D eigenvalue weighted by molar-refractivity contribution is 0.562. The van der Waals surface area contributed by atoms with Gasteiger partial charge in [0.05, 0.1) is 0 Å². The third-order valence-corrected chi connectivity index (χ3v) is 3.95. The Morgan fingerprint density at radius 1 is 1.77 bits per heavy atom. The number of rotatable bonds is 5. The Kier molecular flexibility index (Phi) is 4.70. The van der Waals surface area contributed by atoms with Crippen molar-refractivity contribution in [3.8, 4) is 0 Å². The Balaban J connectivity index is 2.66. The molecular formula is C10H14BrNS. The van der Waals surface area contributed by atoms with Crippen molar-refractivity contribution in [1.29, 1.82) is 0 Å². The van der Waals surface area contributed by atoms with Crippen LogP contribution in [0.1, 0.15) is 23.8 Å². The lowest BCUT2D eigenvalue weighted by atomic mass is 10.1. The topological polar surface area (TPSA) is 12.0 Å². The highest BCUT2D eigenvalue weighted by Gasteiger charge is 2.12. The quantitative estimate of drug-likeness (QED) is 0.795. The maximum Gasteiger partial charge on any atom is 0.0426 e.